The summed E-state index contributed by atoms with van der Waals surface area (Å²) in [6, 6.07) is 8.58. The van der Waals surface area contributed by atoms with Crippen molar-refractivity contribution in [3.05, 3.63) is 58.5 Å². The predicted octanol–water partition coefficient (Wildman–Crippen LogP) is 4.12. The predicted molar refractivity (Wildman–Crippen MR) is 113 cm³/mol. The maximum absolute atomic E-state index is 11.7. The second-order valence-corrected chi connectivity index (χ2v) is 8.51. The molecule has 29 heavy (non-hydrogen) atoms. The number of oxazole rings is 1. The molecule has 3 aromatic rings. The topological polar surface area (TPSA) is 62.5 Å². The fraction of sp³-hybridized carbons (Fsp3) is 0.409. The number of aromatic nitrogens is 2. The lowest BCUT2D eigenvalue weighted by Crippen LogP contribution is -2.45. The van der Waals surface area contributed by atoms with Crippen LogP contribution < -0.4 is 0 Å². The van der Waals surface area contributed by atoms with Gasteiger partial charge in [-0.15, -0.1) is 11.3 Å². The van der Waals surface area contributed by atoms with Gasteiger partial charge in [0.25, 0.3) is 0 Å². The van der Waals surface area contributed by atoms with Gasteiger partial charge in [-0.3, -0.25) is 14.7 Å². The summed E-state index contributed by atoms with van der Waals surface area (Å²) in [6.07, 6.45) is 5.67. The molecule has 0 atom stereocenters. The average molecular weight is 411 g/mol. The maximum Gasteiger partial charge on any atom is 0.219 e. The lowest BCUT2D eigenvalue weighted by Gasteiger charge is -2.37. The van der Waals surface area contributed by atoms with Gasteiger partial charge < -0.3 is 9.32 Å². The van der Waals surface area contributed by atoms with E-state index in [0.29, 0.717) is 12.6 Å². The molecule has 1 amide bonds. The molecule has 1 aliphatic heterocycles. The molecular formula is C22H26N4O2S. The molecule has 0 aliphatic carbocycles. The number of piperidine rings is 1. The van der Waals surface area contributed by atoms with Gasteiger partial charge in [0.2, 0.25) is 11.8 Å². The number of amides is 1. The van der Waals surface area contributed by atoms with Crippen LogP contribution in [0.1, 0.15) is 36.1 Å². The van der Waals surface area contributed by atoms with Crippen LogP contribution in [0.25, 0.3) is 11.3 Å². The highest BCUT2D eigenvalue weighted by Gasteiger charge is 2.27. The zero-order valence-electron chi connectivity index (χ0n) is 16.9. The zero-order chi connectivity index (χ0) is 20.2. The number of likely N-dealkylation sites (tertiary alicyclic amines) is 1. The van der Waals surface area contributed by atoms with E-state index in [1.165, 1.54) is 10.4 Å². The smallest absolute Gasteiger partial charge is 0.219 e. The van der Waals surface area contributed by atoms with Crippen molar-refractivity contribution in [3.63, 3.8) is 0 Å². The lowest BCUT2D eigenvalue weighted by atomic mass is 10.0. The van der Waals surface area contributed by atoms with E-state index >= 15 is 0 Å². The average Bonchev–Trinajstić information content (AvgIpc) is 3.40. The monoisotopic (exact) mass is 410 g/mol. The van der Waals surface area contributed by atoms with E-state index in [-0.39, 0.29) is 5.91 Å². The number of hydrogen-bond donors (Lipinski definition) is 0. The first kappa shape index (κ1) is 19.8. The van der Waals surface area contributed by atoms with Crippen molar-refractivity contribution >= 4 is 17.2 Å². The molecular weight excluding hydrogens is 384 g/mol. The van der Waals surface area contributed by atoms with Crippen molar-refractivity contribution in [1.29, 1.82) is 0 Å². The Morgan fingerprint density at radius 2 is 2.03 bits per heavy atom. The largest absolute Gasteiger partial charge is 0.439 e. The number of carbonyl (C=O) groups is 1. The van der Waals surface area contributed by atoms with E-state index in [1.54, 1.807) is 18.3 Å². The minimum absolute atomic E-state index is 0.160. The molecule has 0 N–H and O–H groups in total. The van der Waals surface area contributed by atoms with Crippen molar-refractivity contribution in [2.75, 3.05) is 13.1 Å². The maximum atomic E-state index is 11.7. The Kier molecular flexibility index (Phi) is 6.06. The second-order valence-electron chi connectivity index (χ2n) is 7.54. The third kappa shape index (κ3) is 4.74. The first-order valence-electron chi connectivity index (χ1n) is 9.98. The van der Waals surface area contributed by atoms with Crippen LogP contribution >= 0.6 is 11.3 Å². The highest BCUT2D eigenvalue weighted by Crippen LogP contribution is 2.26. The Morgan fingerprint density at radius 3 is 2.72 bits per heavy atom. The summed E-state index contributed by atoms with van der Waals surface area (Å²) < 4.78 is 6.12. The van der Waals surface area contributed by atoms with Crippen LogP contribution in [0.5, 0.6) is 0 Å². The summed E-state index contributed by atoms with van der Waals surface area (Å²) >= 11 is 1.67. The van der Waals surface area contributed by atoms with Gasteiger partial charge in [0.05, 0.1) is 18.3 Å². The number of carbonyl (C=O) groups excluding carboxylic acids is 1. The van der Waals surface area contributed by atoms with Crippen LogP contribution in [-0.2, 0) is 17.9 Å². The number of nitrogens with zero attached hydrogens (tertiary/aromatic N) is 4. The summed E-state index contributed by atoms with van der Waals surface area (Å²) in [7, 11) is 0. The molecule has 1 aliphatic rings. The molecule has 0 saturated carbocycles. The number of benzene rings is 1. The molecule has 1 saturated heterocycles. The molecule has 0 radical (unpaired) electrons. The Balaban J connectivity index is 1.50. The third-order valence-electron chi connectivity index (χ3n) is 5.57. The van der Waals surface area contributed by atoms with Crippen LogP contribution in [0.2, 0.25) is 0 Å². The van der Waals surface area contributed by atoms with E-state index in [4.69, 9.17) is 4.42 Å². The second kappa shape index (κ2) is 8.88. The van der Waals surface area contributed by atoms with Crippen LogP contribution in [-0.4, -0.2) is 44.8 Å². The first-order valence-corrected chi connectivity index (χ1v) is 10.9. The lowest BCUT2D eigenvalue weighted by molar-refractivity contribution is -0.130. The fourth-order valence-corrected chi connectivity index (χ4v) is 4.53. The van der Waals surface area contributed by atoms with Crippen LogP contribution in [0, 0.1) is 6.92 Å². The summed E-state index contributed by atoms with van der Waals surface area (Å²) in [5, 5.41) is 0. The molecule has 0 spiro atoms. The minimum Gasteiger partial charge on any atom is -0.439 e. The summed E-state index contributed by atoms with van der Waals surface area (Å²) in [4.78, 5) is 26.0. The molecule has 2 aromatic heterocycles. The molecule has 7 heteroatoms. The minimum atomic E-state index is 0.160. The SMILES string of the molecule is CC(=O)N1CCC(N(Cc2ncc(-c3ccccc3C)o2)Cc2cncs2)CC1. The molecule has 0 bridgehead atoms. The van der Waals surface area contributed by atoms with E-state index in [1.807, 2.05) is 34.9 Å². The highest BCUT2D eigenvalue weighted by molar-refractivity contribution is 7.09. The van der Waals surface area contributed by atoms with Gasteiger partial charge >= 0.3 is 0 Å². The molecule has 6 nitrogen and oxygen atoms in total. The van der Waals surface area contributed by atoms with Crippen molar-refractivity contribution in [1.82, 2.24) is 19.8 Å². The van der Waals surface area contributed by atoms with Crippen molar-refractivity contribution in [3.8, 4) is 11.3 Å². The van der Waals surface area contributed by atoms with Gasteiger partial charge in [0.1, 0.15) is 0 Å². The zero-order valence-corrected chi connectivity index (χ0v) is 17.7. The van der Waals surface area contributed by atoms with Crippen molar-refractivity contribution in [2.24, 2.45) is 0 Å². The first-order chi connectivity index (χ1) is 14.1. The molecule has 3 heterocycles. The molecule has 152 valence electrons. The van der Waals surface area contributed by atoms with Crippen molar-refractivity contribution in [2.45, 2.75) is 45.8 Å². The van der Waals surface area contributed by atoms with E-state index in [9.17, 15) is 4.79 Å². The Morgan fingerprint density at radius 1 is 1.24 bits per heavy atom. The summed E-state index contributed by atoms with van der Waals surface area (Å²) in [5.41, 5.74) is 4.12. The number of hydrogen-bond acceptors (Lipinski definition) is 6. The molecule has 1 aromatic carbocycles. The van der Waals surface area contributed by atoms with Crippen LogP contribution in [0.4, 0.5) is 0 Å². The summed E-state index contributed by atoms with van der Waals surface area (Å²) in [6.45, 7) is 6.80. The Labute approximate surface area is 175 Å². The number of rotatable bonds is 6. The highest BCUT2D eigenvalue weighted by atomic mass is 32.1. The van der Waals surface area contributed by atoms with Gasteiger partial charge in [0.15, 0.2) is 5.76 Å². The third-order valence-corrected chi connectivity index (χ3v) is 6.34. The standard InChI is InChI=1S/C22H26N4O2S/c1-16-5-3-4-6-20(16)21-12-24-22(28-21)14-26(13-19-11-23-15-29-19)18-7-9-25(10-8-18)17(2)27/h3-6,11-12,15,18H,7-10,13-14H2,1-2H3. The van der Waals surface area contributed by atoms with Crippen LogP contribution in [0.3, 0.4) is 0 Å². The fourth-order valence-electron chi connectivity index (χ4n) is 3.91. The van der Waals surface area contributed by atoms with E-state index in [2.05, 4.69) is 33.9 Å². The van der Waals surface area contributed by atoms with Crippen molar-refractivity contribution < 1.29 is 9.21 Å². The van der Waals surface area contributed by atoms with Gasteiger partial charge in [-0.05, 0) is 25.3 Å². The molecule has 1 fully saturated rings. The normalized spacial score (nSPS) is 15.2. The Hall–Kier alpha value is -2.51. The van der Waals surface area contributed by atoms with Gasteiger partial charge in [-0.25, -0.2) is 4.98 Å². The molecule has 4 rings (SSSR count). The van der Waals surface area contributed by atoms with E-state index < -0.39 is 0 Å². The number of thiazole rings is 1. The summed E-state index contributed by atoms with van der Waals surface area (Å²) in [5.74, 6) is 1.69. The molecule has 0 unspecified atom stereocenters. The van der Waals surface area contributed by atoms with Crippen LogP contribution in [0.15, 0.2) is 46.6 Å². The number of aryl methyl sites for hydroxylation is 1. The van der Waals surface area contributed by atoms with Gasteiger partial charge in [0, 0.05) is 49.2 Å². The van der Waals surface area contributed by atoms with Gasteiger partial charge in [-0.1, -0.05) is 24.3 Å². The van der Waals surface area contributed by atoms with E-state index in [0.717, 1.165) is 49.7 Å². The Bertz CT molecular complexity index is 945. The quantitative estimate of drug-likeness (QED) is 0.612. The van der Waals surface area contributed by atoms with Gasteiger partial charge in [-0.2, -0.15) is 0 Å².